The van der Waals surface area contributed by atoms with Gasteiger partial charge in [-0.25, -0.2) is 14.2 Å². The molecule has 2 aromatic carbocycles. The van der Waals surface area contributed by atoms with Crippen molar-refractivity contribution in [3.8, 4) is 5.69 Å². The van der Waals surface area contributed by atoms with Gasteiger partial charge >= 0.3 is 5.97 Å². The third-order valence-corrected chi connectivity index (χ3v) is 4.52. The zero-order valence-electron chi connectivity index (χ0n) is 16.2. The summed E-state index contributed by atoms with van der Waals surface area (Å²) in [5.74, 6) is -0.809. The molecule has 0 bridgehead atoms. The summed E-state index contributed by atoms with van der Waals surface area (Å²) in [6.45, 7) is 7.43. The van der Waals surface area contributed by atoms with E-state index >= 15 is 4.39 Å². The van der Waals surface area contributed by atoms with Gasteiger partial charge in [-0.2, -0.15) is 0 Å². The molecule has 0 saturated carbocycles. The van der Waals surface area contributed by atoms with Crippen molar-refractivity contribution in [2.24, 2.45) is 0 Å². The van der Waals surface area contributed by atoms with Gasteiger partial charge in [0.1, 0.15) is 17.0 Å². The van der Waals surface area contributed by atoms with Crippen LogP contribution in [-0.4, -0.2) is 22.1 Å². The van der Waals surface area contributed by atoms with Gasteiger partial charge in [-0.3, -0.25) is 9.36 Å². The average molecular weight is 380 g/mol. The van der Waals surface area contributed by atoms with Gasteiger partial charge in [0.2, 0.25) is 0 Å². The minimum absolute atomic E-state index is 0.112. The number of para-hydroxylation sites is 1. The first-order chi connectivity index (χ1) is 13.3. The Kier molecular flexibility index (Phi) is 5.40. The van der Waals surface area contributed by atoms with Crippen molar-refractivity contribution in [1.82, 2.24) is 9.55 Å². The zero-order valence-corrected chi connectivity index (χ0v) is 16.2. The van der Waals surface area contributed by atoms with Crippen LogP contribution in [0, 0.1) is 26.6 Å². The SMILES string of the molecule is CCOC(=O)C=Cc1ccc2nc(C)n(-c3c(C)cccc3C)c(=O)c2c1F. The summed E-state index contributed by atoms with van der Waals surface area (Å²) in [5.41, 5.74) is 2.40. The van der Waals surface area contributed by atoms with E-state index in [0.29, 0.717) is 11.5 Å². The summed E-state index contributed by atoms with van der Waals surface area (Å²) in [6.07, 6.45) is 2.44. The number of halogens is 1. The Hall–Kier alpha value is -3.28. The fraction of sp³-hybridized carbons (Fsp3) is 0.227. The number of rotatable bonds is 4. The number of esters is 1. The maximum absolute atomic E-state index is 15.1. The third kappa shape index (κ3) is 3.45. The molecule has 144 valence electrons. The van der Waals surface area contributed by atoms with Crippen molar-refractivity contribution in [2.45, 2.75) is 27.7 Å². The fourth-order valence-corrected chi connectivity index (χ4v) is 3.26. The lowest BCUT2D eigenvalue weighted by atomic mass is 10.1. The molecule has 5 nitrogen and oxygen atoms in total. The van der Waals surface area contributed by atoms with Crippen molar-refractivity contribution >= 4 is 22.9 Å². The van der Waals surface area contributed by atoms with Gasteiger partial charge in [0.05, 0.1) is 17.8 Å². The molecule has 0 unspecified atom stereocenters. The van der Waals surface area contributed by atoms with Gasteiger partial charge in [0.25, 0.3) is 5.56 Å². The van der Waals surface area contributed by atoms with Gasteiger partial charge in [0.15, 0.2) is 0 Å². The molecule has 3 rings (SSSR count). The highest BCUT2D eigenvalue weighted by Gasteiger charge is 2.17. The molecule has 0 aliphatic rings. The molecule has 0 radical (unpaired) electrons. The fourth-order valence-electron chi connectivity index (χ4n) is 3.26. The van der Waals surface area contributed by atoms with Gasteiger partial charge in [0, 0.05) is 11.6 Å². The van der Waals surface area contributed by atoms with Crippen LogP contribution in [0.15, 0.2) is 41.2 Å². The molecule has 0 saturated heterocycles. The highest BCUT2D eigenvalue weighted by molar-refractivity contribution is 5.89. The molecule has 3 aromatic rings. The highest BCUT2D eigenvalue weighted by atomic mass is 19.1. The maximum atomic E-state index is 15.1. The third-order valence-electron chi connectivity index (χ3n) is 4.52. The first kappa shape index (κ1) is 19.5. The van der Waals surface area contributed by atoms with Crippen molar-refractivity contribution in [3.05, 3.63) is 75.1 Å². The second kappa shape index (κ2) is 7.76. The van der Waals surface area contributed by atoms with E-state index in [1.807, 2.05) is 32.0 Å². The second-order valence-corrected chi connectivity index (χ2v) is 6.49. The standard InChI is InChI=1S/C22H21FN2O3/c1-5-28-18(26)12-10-16-9-11-17-19(20(16)23)22(27)25(15(4)24-17)21-13(2)7-6-8-14(21)3/h6-12H,5H2,1-4H3. The lowest BCUT2D eigenvalue weighted by Crippen LogP contribution is -2.24. The van der Waals surface area contributed by atoms with Crippen molar-refractivity contribution in [3.63, 3.8) is 0 Å². The van der Waals surface area contributed by atoms with E-state index in [2.05, 4.69) is 4.98 Å². The van der Waals surface area contributed by atoms with Crippen molar-refractivity contribution in [1.29, 1.82) is 0 Å². The molecular weight excluding hydrogens is 359 g/mol. The Morgan fingerprint density at radius 1 is 1.18 bits per heavy atom. The van der Waals surface area contributed by atoms with E-state index in [1.54, 1.807) is 19.9 Å². The molecular formula is C22H21FN2O3. The molecule has 0 aliphatic carbocycles. The van der Waals surface area contributed by atoms with E-state index in [1.165, 1.54) is 16.7 Å². The van der Waals surface area contributed by atoms with Crippen LogP contribution in [0.2, 0.25) is 0 Å². The predicted molar refractivity (Wildman–Crippen MR) is 107 cm³/mol. The summed E-state index contributed by atoms with van der Waals surface area (Å²) in [4.78, 5) is 29.2. The summed E-state index contributed by atoms with van der Waals surface area (Å²) < 4.78 is 21.4. The first-order valence-corrected chi connectivity index (χ1v) is 8.98. The molecule has 1 aromatic heterocycles. The largest absolute Gasteiger partial charge is 0.463 e. The van der Waals surface area contributed by atoms with Gasteiger partial charge < -0.3 is 4.74 Å². The Balaban J connectivity index is 2.26. The monoisotopic (exact) mass is 380 g/mol. The van der Waals surface area contributed by atoms with E-state index < -0.39 is 17.3 Å². The van der Waals surface area contributed by atoms with Crippen molar-refractivity contribution in [2.75, 3.05) is 6.61 Å². The summed E-state index contributed by atoms with van der Waals surface area (Å²) in [7, 11) is 0. The Morgan fingerprint density at radius 2 is 1.86 bits per heavy atom. The zero-order chi connectivity index (χ0) is 20.4. The van der Waals surface area contributed by atoms with Crippen LogP contribution in [0.3, 0.4) is 0 Å². The van der Waals surface area contributed by atoms with Crippen LogP contribution in [0.5, 0.6) is 0 Å². The van der Waals surface area contributed by atoms with Gasteiger partial charge in [-0.15, -0.1) is 0 Å². The topological polar surface area (TPSA) is 61.2 Å². The van der Waals surface area contributed by atoms with Crippen LogP contribution in [-0.2, 0) is 9.53 Å². The lowest BCUT2D eigenvalue weighted by Gasteiger charge is -2.16. The highest BCUT2D eigenvalue weighted by Crippen LogP contribution is 2.22. The van der Waals surface area contributed by atoms with Gasteiger partial charge in [-0.05, 0) is 57.0 Å². The molecule has 0 atom stereocenters. The number of hydrogen-bond donors (Lipinski definition) is 0. The summed E-state index contributed by atoms with van der Waals surface area (Å²) in [6, 6.07) is 8.76. The van der Waals surface area contributed by atoms with E-state index in [4.69, 9.17) is 4.74 Å². The molecule has 6 heteroatoms. The number of ether oxygens (including phenoxy) is 1. The van der Waals surface area contributed by atoms with Crippen LogP contribution in [0.4, 0.5) is 4.39 Å². The van der Waals surface area contributed by atoms with Crippen LogP contribution in [0.1, 0.15) is 29.4 Å². The summed E-state index contributed by atoms with van der Waals surface area (Å²) in [5, 5.41) is -0.112. The number of aromatic nitrogens is 2. The Labute approximate surface area is 162 Å². The summed E-state index contributed by atoms with van der Waals surface area (Å²) >= 11 is 0. The first-order valence-electron chi connectivity index (χ1n) is 8.98. The van der Waals surface area contributed by atoms with Crippen molar-refractivity contribution < 1.29 is 13.9 Å². The van der Waals surface area contributed by atoms with E-state index in [-0.39, 0.29) is 23.1 Å². The number of nitrogens with zero attached hydrogens (tertiary/aromatic N) is 2. The molecule has 0 fully saturated rings. The minimum Gasteiger partial charge on any atom is -0.463 e. The van der Waals surface area contributed by atoms with Crippen LogP contribution in [0.25, 0.3) is 22.7 Å². The predicted octanol–water partition coefficient (Wildman–Crippen LogP) is 4.03. The minimum atomic E-state index is -0.712. The molecule has 28 heavy (non-hydrogen) atoms. The number of hydrogen-bond acceptors (Lipinski definition) is 4. The smallest absolute Gasteiger partial charge is 0.330 e. The number of carbonyl (C=O) groups excluding carboxylic acids is 1. The normalized spacial score (nSPS) is 11.3. The molecule has 0 aliphatic heterocycles. The number of aryl methyl sites for hydroxylation is 3. The maximum Gasteiger partial charge on any atom is 0.330 e. The molecule has 0 spiro atoms. The van der Waals surface area contributed by atoms with E-state index in [0.717, 1.165) is 17.2 Å². The molecule has 0 N–H and O–H groups in total. The van der Waals surface area contributed by atoms with E-state index in [9.17, 15) is 9.59 Å². The average Bonchev–Trinajstić information content (AvgIpc) is 2.63. The van der Waals surface area contributed by atoms with Gasteiger partial charge in [-0.1, -0.05) is 18.2 Å². The van der Waals surface area contributed by atoms with Crippen LogP contribution >= 0.6 is 0 Å². The Morgan fingerprint density at radius 3 is 2.50 bits per heavy atom. The quantitative estimate of drug-likeness (QED) is 0.507. The Bertz CT molecular complexity index is 1140. The molecule has 1 heterocycles. The lowest BCUT2D eigenvalue weighted by molar-refractivity contribution is -0.137. The molecule has 0 amide bonds. The second-order valence-electron chi connectivity index (χ2n) is 6.49. The van der Waals surface area contributed by atoms with Crippen LogP contribution < -0.4 is 5.56 Å². The number of fused-ring (bicyclic) bond motifs is 1. The number of carbonyl (C=O) groups is 1. The number of benzene rings is 2.